The minimum atomic E-state index is -1.86. The smallest absolute Gasteiger partial charge is 0.187 e. The Balaban J connectivity index is 1.58. The second-order valence-electron chi connectivity index (χ2n) is 11.0. The van der Waals surface area contributed by atoms with Crippen LogP contribution in [0.3, 0.4) is 0 Å². The minimum absolute atomic E-state index is 0.0913. The van der Waals surface area contributed by atoms with E-state index in [4.69, 9.17) is 18.9 Å². The van der Waals surface area contributed by atoms with Crippen LogP contribution in [0.25, 0.3) is 0 Å². The first-order valence-electron chi connectivity index (χ1n) is 12.2. The van der Waals surface area contributed by atoms with Gasteiger partial charge in [0.05, 0.1) is 32.0 Å². The first kappa shape index (κ1) is 28.9. The SMILES string of the molecule is C[C@H](C=C[C@H]1[C@@H](C)C[C@H](O)CC1(C)C)O[C@@H]1O[C@H](CO[C@@H]2OC[C@](O)(CO)[C@H]2O)[C@@H](O)[C@H](O)[C@H]1O. The second-order valence-corrected chi connectivity index (χ2v) is 11.0. The summed E-state index contributed by atoms with van der Waals surface area (Å²) in [5.41, 5.74) is -1.95. The van der Waals surface area contributed by atoms with Crippen LogP contribution in [0.2, 0.25) is 0 Å². The third kappa shape index (κ3) is 6.42. The Morgan fingerprint density at radius 1 is 1.06 bits per heavy atom. The van der Waals surface area contributed by atoms with E-state index in [-0.39, 0.29) is 36.6 Å². The van der Waals surface area contributed by atoms with E-state index >= 15 is 0 Å². The lowest BCUT2D eigenvalue weighted by Crippen LogP contribution is -2.60. The van der Waals surface area contributed by atoms with Gasteiger partial charge in [0.1, 0.15) is 36.1 Å². The van der Waals surface area contributed by atoms with Crippen LogP contribution in [0.1, 0.15) is 40.5 Å². The summed E-state index contributed by atoms with van der Waals surface area (Å²) in [6.45, 7) is 6.71. The van der Waals surface area contributed by atoms with Gasteiger partial charge in [-0.15, -0.1) is 0 Å². The number of allylic oxidation sites excluding steroid dienone is 1. The highest BCUT2D eigenvalue weighted by Crippen LogP contribution is 2.44. The fourth-order valence-electron chi connectivity index (χ4n) is 5.45. The molecular weight excluding hydrogens is 464 g/mol. The van der Waals surface area contributed by atoms with Crippen molar-refractivity contribution in [1.82, 2.24) is 0 Å². The fourth-order valence-corrected chi connectivity index (χ4v) is 5.45. The summed E-state index contributed by atoms with van der Waals surface area (Å²) >= 11 is 0. The zero-order chi connectivity index (χ0) is 26.1. The van der Waals surface area contributed by atoms with Crippen molar-refractivity contribution < 1.29 is 54.7 Å². The largest absolute Gasteiger partial charge is 0.393 e. The van der Waals surface area contributed by atoms with Crippen molar-refractivity contribution in [2.24, 2.45) is 17.3 Å². The molecule has 2 heterocycles. The molecule has 2 aliphatic heterocycles. The third-order valence-electron chi connectivity index (χ3n) is 7.53. The predicted molar refractivity (Wildman–Crippen MR) is 122 cm³/mol. The lowest BCUT2D eigenvalue weighted by molar-refractivity contribution is -0.314. The van der Waals surface area contributed by atoms with Gasteiger partial charge in [-0.05, 0) is 37.0 Å². The van der Waals surface area contributed by atoms with E-state index in [0.717, 1.165) is 6.42 Å². The Morgan fingerprint density at radius 3 is 2.34 bits per heavy atom. The van der Waals surface area contributed by atoms with Crippen LogP contribution in [-0.2, 0) is 18.9 Å². The summed E-state index contributed by atoms with van der Waals surface area (Å²) < 4.78 is 22.1. The summed E-state index contributed by atoms with van der Waals surface area (Å²) in [4.78, 5) is 0. The molecule has 204 valence electrons. The first-order chi connectivity index (χ1) is 16.3. The van der Waals surface area contributed by atoms with Gasteiger partial charge in [-0.3, -0.25) is 0 Å². The topological polar surface area (TPSA) is 179 Å². The van der Waals surface area contributed by atoms with E-state index in [9.17, 15) is 35.7 Å². The van der Waals surface area contributed by atoms with Gasteiger partial charge in [-0.2, -0.15) is 0 Å². The molecule has 3 rings (SSSR count). The summed E-state index contributed by atoms with van der Waals surface area (Å²) in [5.74, 6) is 0.502. The highest BCUT2D eigenvalue weighted by Gasteiger charge is 2.50. The molecule has 2 saturated heterocycles. The van der Waals surface area contributed by atoms with Gasteiger partial charge < -0.3 is 54.7 Å². The average molecular weight is 507 g/mol. The number of hydrogen-bond acceptors (Lipinski definition) is 11. The molecule has 3 aliphatic rings. The van der Waals surface area contributed by atoms with E-state index in [1.54, 1.807) is 6.92 Å². The summed E-state index contributed by atoms with van der Waals surface area (Å²) in [6.07, 6.45) is -5.21. The number of hydrogen-bond donors (Lipinski definition) is 7. The molecule has 12 atom stereocenters. The maximum absolute atomic E-state index is 10.4. The first-order valence-corrected chi connectivity index (χ1v) is 12.2. The van der Waals surface area contributed by atoms with E-state index in [2.05, 4.69) is 26.8 Å². The molecule has 0 aromatic heterocycles. The van der Waals surface area contributed by atoms with Crippen molar-refractivity contribution in [3.05, 3.63) is 12.2 Å². The van der Waals surface area contributed by atoms with E-state index in [0.29, 0.717) is 6.42 Å². The molecule has 7 N–H and O–H groups in total. The van der Waals surface area contributed by atoms with Crippen molar-refractivity contribution >= 4 is 0 Å². The lowest BCUT2D eigenvalue weighted by Gasteiger charge is -2.44. The molecule has 0 unspecified atom stereocenters. The molecule has 11 heteroatoms. The van der Waals surface area contributed by atoms with Crippen LogP contribution in [0, 0.1) is 17.3 Å². The average Bonchev–Trinajstić information content (AvgIpc) is 3.06. The Morgan fingerprint density at radius 2 is 1.74 bits per heavy atom. The zero-order valence-electron chi connectivity index (χ0n) is 20.8. The molecule has 1 aliphatic carbocycles. The van der Waals surface area contributed by atoms with Crippen LogP contribution < -0.4 is 0 Å². The van der Waals surface area contributed by atoms with Crippen molar-refractivity contribution in [2.45, 2.75) is 101 Å². The van der Waals surface area contributed by atoms with Gasteiger partial charge in [0, 0.05) is 0 Å². The van der Waals surface area contributed by atoms with Crippen LogP contribution in [0.15, 0.2) is 12.2 Å². The van der Waals surface area contributed by atoms with E-state index in [1.165, 1.54) is 0 Å². The van der Waals surface area contributed by atoms with Crippen molar-refractivity contribution in [3.8, 4) is 0 Å². The van der Waals surface area contributed by atoms with Crippen molar-refractivity contribution in [2.75, 3.05) is 19.8 Å². The summed E-state index contributed by atoms with van der Waals surface area (Å²) in [6, 6.07) is 0. The molecule has 0 bridgehead atoms. The lowest BCUT2D eigenvalue weighted by atomic mass is 9.63. The fraction of sp³-hybridized carbons (Fsp3) is 0.917. The number of aliphatic hydroxyl groups is 7. The van der Waals surface area contributed by atoms with Crippen LogP contribution in [-0.4, -0.2) is 116 Å². The Bertz CT molecular complexity index is 718. The van der Waals surface area contributed by atoms with Gasteiger partial charge in [0.2, 0.25) is 0 Å². The molecule has 0 aromatic rings. The number of aliphatic hydroxyl groups excluding tert-OH is 6. The maximum atomic E-state index is 10.4. The van der Waals surface area contributed by atoms with Crippen LogP contribution >= 0.6 is 0 Å². The van der Waals surface area contributed by atoms with Gasteiger partial charge in [-0.1, -0.05) is 32.9 Å². The minimum Gasteiger partial charge on any atom is -0.393 e. The molecular formula is C24H42O11. The van der Waals surface area contributed by atoms with Gasteiger partial charge in [0.15, 0.2) is 12.6 Å². The maximum Gasteiger partial charge on any atom is 0.187 e. The third-order valence-corrected chi connectivity index (χ3v) is 7.53. The molecule has 0 amide bonds. The standard InChI is InChI=1S/C24H42O11/c1-12-7-14(26)8-23(3,4)15(12)6-5-13(2)34-21-19(29)18(28)17(27)16(35-21)9-32-22-20(30)24(31,10-25)11-33-22/h5-6,12-22,25-31H,7-11H2,1-4H3/t12-,13+,14-,15-,16+,17+,18-,19+,20-,21+,22+,24+/m0/s1. The van der Waals surface area contributed by atoms with E-state index in [1.807, 2.05) is 6.08 Å². The molecule has 3 fully saturated rings. The number of ether oxygens (including phenoxy) is 4. The Labute approximate surface area is 205 Å². The molecule has 11 nitrogen and oxygen atoms in total. The Hall–Kier alpha value is -0.700. The molecule has 0 radical (unpaired) electrons. The monoisotopic (exact) mass is 506 g/mol. The van der Waals surface area contributed by atoms with Gasteiger partial charge in [-0.25, -0.2) is 0 Å². The van der Waals surface area contributed by atoms with Gasteiger partial charge >= 0.3 is 0 Å². The van der Waals surface area contributed by atoms with Crippen molar-refractivity contribution in [1.29, 1.82) is 0 Å². The highest BCUT2D eigenvalue weighted by atomic mass is 16.7. The number of rotatable bonds is 8. The molecule has 35 heavy (non-hydrogen) atoms. The molecule has 1 saturated carbocycles. The van der Waals surface area contributed by atoms with Crippen LogP contribution in [0.4, 0.5) is 0 Å². The summed E-state index contributed by atoms with van der Waals surface area (Å²) in [5, 5.41) is 70.5. The molecule has 0 aromatic carbocycles. The Kier molecular flexibility index (Phi) is 9.37. The highest BCUT2D eigenvalue weighted by molar-refractivity contribution is 5.03. The van der Waals surface area contributed by atoms with Crippen molar-refractivity contribution in [3.63, 3.8) is 0 Å². The zero-order valence-corrected chi connectivity index (χ0v) is 20.8. The van der Waals surface area contributed by atoms with Crippen LogP contribution in [0.5, 0.6) is 0 Å². The normalized spacial score (nSPS) is 47.3. The molecule has 0 spiro atoms. The quantitative estimate of drug-likeness (QED) is 0.194. The second kappa shape index (κ2) is 11.4. The van der Waals surface area contributed by atoms with E-state index < -0.39 is 61.4 Å². The summed E-state index contributed by atoms with van der Waals surface area (Å²) in [7, 11) is 0. The van der Waals surface area contributed by atoms with Gasteiger partial charge in [0.25, 0.3) is 0 Å². The predicted octanol–water partition coefficient (Wildman–Crippen LogP) is -1.35.